The van der Waals surface area contributed by atoms with Gasteiger partial charge in [-0.1, -0.05) is 0 Å². The Hall–Kier alpha value is -6.62. The maximum Gasteiger partial charge on any atom is 0.180 e. The minimum atomic E-state index is -2.31. The van der Waals surface area contributed by atoms with Crippen LogP contribution in [-0.4, -0.2) is 9.97 Å². The highest BCUT2D eigenvalue weighted by Crippen LogP contribution is 2.52. The summed E-state index contributed by atoms with van der Waals surface area (Å²) in [6.07, 6.45) is 0. The Morgan fingerprint density at radius 1 is 0.429 bits per heavy atom. The first kappa shape index (κ1) is 28.4. The van der Waals surface area contributed by atoms with Gasteiger partial charge >= 0.3 is 0 Å². The van der Waals surface area contributed by atoms with Gasteiger partial charge in [0.2, 0.25) is 0 Å². The SMILES string of the molecule is N#C/C(=C1\C(=C(/C#N)c2c(F)c(F)c(C#N)c(F)c2F)c2nc(C#N)c(C#N)nc21)c1c(F)c(F)c(C#N)c(F)c1F. The Bertz CT molecular complexity index is 1930. The zero-order valence-corrected chi connectivity index (χ0v) is 19.6. The lowest BCUT2D eigenvalue weighted by Gasteiger charge is -2.28. The van der Waals surface area contributed by atoms with Crippen LogP contribution in [0.25, 0.3) is 22.3 Å². The number of hydrogen-bond donors (Lipinski definition) is 0. The molecule has 0 atom stereocenters. The van der Waals surface area contributed by atoms with E-state index in [0.29, 0.717) is 0 Å². The number of fused-ring (bicyclic) bond motifs is 1. The standard InChI is InChI=1S/C26F8N8/c27-17-9(3-37)18(28)22(32)15(21(17)31)7(1-35)13-14(26-25(13)41-11(5-39)12(6-40)42-26)8(2-36)16-23(33)19(29)10(4-38)20(30)24(16)34/b13-7-,14-8-. The van der Waals surface area contributed by atoms with Crippen LogP contribution in [0.3, 0.4) is 0 Å². The van der Waals surface area contributed by atoms with Crippen LogP contribution in [0.1, 0.15) is 45.0 Å². The fourth-order valence-corrected chi connectivity index (χ4v) is 3.97. The lowest BCUT2D eigenvalue weighted by atomic mass is 9.76. The Kier molecular flexibility index (Phi) is 6.87. The summed E-state index contributed by atoms with van der Waals surface area (Å²) >= 11 is 0. The second-order valence-corrected chi connectivity index (χ2v) is 7.80. The van der Waals surface area contributed by atoms with Gasteiger partial charge in [-0.15, -0.1) is 0 Å². The zero-order valence-electron chi connectivity index (χ0n) is 19.6. The molecule has 0 saturated carbocycles. The van der Waals surface area contributed by atoms with Gasteiger partial charge in [0.05, 0.1) is 22.3 Å². The van der Waals surface area contributed by atoms with E-state index in [1.807, 2.05) is 0 Å². The van der Waals surface area contributed by atoms with E-state index < -0.39 is 114 Å². The highest BCUT2D eigenvalue weighted by molar-refractivity contribution is 6.31. The minimum Gasteiger partial charge on any atom is -0.232 e. The highest BCUT2D eigenvalue weighted by Gasteiger charge is 2.42. The molecule has 4 rings (SSSR count). The predicted octanol–water partition coefficient (Wildman–Crippen LogP) is 4.96. The predicted molar refractivity (Wildman–Crippen MR) is 118 cm³/mol. The lowest BCUT2D eigenvalue weighted by Crippen LogP contribution is -2.20. The highest BCUT2D eigenvalue weighted by atomic mass is 19.2. The third kappa shape index (κ3) is 3.69. The van der Waals surface area contributed by atoms with Crippen LogP contribution in [0.4, 0.5) is 35.1 Å². The molecule has 2 aromatic carbocycles. The van der Waals surface area contributed by atoms with Crippen molar-refractivity contribution < 1.29 is 35.1 Å². The van der Waals surface area contributed by atoms with Gasteiger partial charge in [0.1, 0.15) is 58.9 Å². The molecule has 0 radical (unpaired) electrons. The van der Waals surface area contributed by atoms with Crippen LogP contribution in [0.2, 0.25) is 0 Å². The Balaban J connectivity index is 2.31. The van der Waals surface area contributed by atoms with Crippen molar-refractivity contribution in [3.8, 4) is 36.4 Å². The fourth-order valence-electron chi connectivity index (χ4n) is 3.97. The monoisotopic (exact) mass is 576 g/mol. The van der Waals surface area contributed by atoms with Crippen molar-refractivity contribution in [1.29, 1.82) is 31.6 Å². The number of rotatable bonds is 2. The number of nitriles is 6. The van der Waals surface area contributed by atoms with Gasteiger partial charge < -0.3 is 0 Å². The molecule has 0 saturated heterocycles. The van der Waals surface area contributed by atoms with Gasteiger partial charge in [0.15, 0.2) is 57.9 Å². The van der Waals surface area contributed by atoms with Crippen molar-refractivity contribution in [3.63, 3.8) is 0 Å². The van der Waals surface area contributed by atoms with E-state index in [0.717, 1.165) is 12.1 Å². The molecule has 1 aromatic heterocycles. The molecule has 3 aromatic rings. The van der Waals surface area contributed by atoms with Gasteiger partial charge in [-0.05, 0) is 0 Å². The topological polar surface area (TPSA) is 169 Å². The summed E-state index contributed by atoms with van der Waals surface area (Å²) in [5.41, 5.74) is -15.1. The van der Waals surface area contributed by atoms with E-state index in [1.54, 1.807) is 0 Å². The summed E-state index contributed by atoms with van der Waals surface area (Å²) in [4.78, 5) is 7.34. The Labute approximate surface area is 227 Å². The van der Waals surface area contributed by atoms with Crippen LogP contribution in [0, 0.1) is 115 Å². The van der Waals surface area contributed by atoms with E-state index >= 15 is 0 Å². The molecule has 1 aliphatic rings. The molecule has 42 heavy (non-hydrogen) atoms. The molecule has 0 aliphatic heterocycles. The summed E-state index contributed by atoms with van der Waals surface area (Å²) in [5.74, 6) is -18.3. The van der Waals surface area contributed by atoms with Crippen LogP contribution in [-0.2, 0) is 0 Å². The maximum atomic E-state index is 15.0. The van der Waals surface area contributed by atoms with E-state index in [1.165, 1.54) is 24.3 Å². The third-order valence-corrected chi connectivity index (χ3v) is 5.81. The first-order chi connectivity index (χ1) is 19.9. The van der Waals surface area contributed by atoms with Crippen LogP contribution in [0.5, 0.6) is 0 Å². The molecule has 1 heterocycles. The maximum absolute atomic E-state index is 15.0. The number of allylic oxidation sites excluding steroid dienone is 4. The average molecular weight is 576 g/mol. The smallest absolute Gasteiger partial charge is 0.180 e. The largest absolute Gasteiger partial charge is 0.232 e. The molecule has 0 unspecified atom stereocenters. The number of aromatic nitrogens is 2. The average Bonchev–Trinajstić information content (AvgIpc) is 2.98. The normalized spacial score (nSPS) is 13.7. The fraction of sp³-hybridized carbons (Fsp3) is 0. The summed E-state index contributed by atoms with van der Waals surface area (Å²) in [6.45, 7) is 0. The first-order valence-corrected chi connectivity index (χ1v) is 10.5. The Morgan fingerprint density at radius 2 is 0.714 bits per heavy atom. The van der Waals surface area contributed by atoms with E-state index in [4.69, 9.17) is 10.5 Å². The van der Waals surface area contributed by atoms with Crippen molar-refractivity contribution >= 4 is 22.3 Å². The van der Waals surface area contributed by atoms with Crippen molar-refractivity contribution in [2.75, 3.05) is 0 Å². The molecule has 0 fully saturated rings. The van der Waals surface area contributed by atoms with Gasteiger partial charge in [0.25, 0.3) is 0 Å². The van der Waals surface area contributed by atoms with Crippen LogP contribution < -0.4 is 0 Å². The summed E-state index contributed by atoms with van der Waals surface area (Å²) < 4.78 is 118. The zero-order chi connectivity index (χ0) is 31.2. The quantitative estimate of drug-likeness (QED) is 0.234. The summed E-state index contributed by atoms with van der Waals surface area (Å²) in [5, 5.41) is 55.8. The van der Waals surface area contributed by atoms with Crippen LogP contribution in [0.15, 0.2) is 0 Å². The molecule has 200 valence electrons. The summed E-state index contributed by atoms with van der Waals surface area (Å²) in [6, 6.07) is 6.94. The van der Waals surface area contributed by atoms with Crippen molar-refractivity contribution in [1.82, 2.24) is 9.97 Å². The number of halogens is 8. The lowest BCUT2D eigenvalue weighted by molar-refractivity contribution is 0.447. The molecule has 8 nitrogen and oxygen atoms in total. The number of benzene rings is 2. The van der Waals surface area contributed by atoms with Gasteiger partial charge in [-0.3, -0.25) is 0 Å². The molecule has 0 bridgehead atoms. The van der Waals surface area contributed by atoms with Gasteiger partial charge in [-0.25, -0.2) is 45.1 Å². The van der Waals surface area contributed by atoms with Gasteiger partial charge in [0, 0.05) is 11.1 Å². The second kappa shape index (κ2) is 10.2. The minimum absolute atomic E-state index is 0.760. The molecule has 0 spiro atoms. The van der Waals surface area contributed by atoms with Gasteiger partial charge in [-0.2, -0.15) is 31.6 Å². The first-order valence-electron chi connectivity index (χ1n) is 10.5. The van der Waals surface area contributed by atoms with E-state index in [9.17, 15) is 56.2 Å². The molecule has 1 aliphatic carbocycles. The number of nitrogens with zero attached hydrogens (tertiary/aromatic N) is 8. The molecule has 0 N–H and O–H groups in total. The molecule has 0 amide bonds. The van der Waals surface area contributed by atoms with Crippen LogP contribution >= 0.6 is 0 Å². The van der Waals surface area contributed by atoms with E-state index in [2.05, 4.69) is 9.97 Å². The molecule has 16 heteroatoms. The van der Waals surface area contributed by atoms with E-state index in [-0.39, 0.29) is 0 Å². The third-order valence-electron chi connectivity index (χ3n) is 5.81. The van der Waals surface area contributed by atoms with Crippen molar-refractivity contribution in [2.45, 2.75) is 0 Å². The second-order valence-electron chi connectivity index (χ2n) is 7.80. The molecular weight excluding hydrogens is 576 g/mol. The van der Waals surface area contributed by atoms with Crippen molar-refractivity contribution in [2.24, 2.45) is 0 Å². The number of hydrogen-bond acceptors (Lipinski definition) is 8. The summed E-state index contributed by atoms with van der Waals surface area (Å²) in [7, 11) is 0. The Morgan fingerprint density at radius 3 is 0.929 bits per heavy atom. The molecular formula is C26F8N8. The van der Waals surface area contributed by atoms with Crippen molar-refractivity contribution in [3.05, 3.63) is 91.6 Å².